The number of aromatic nitrogens is 3. The summed E-state index contributed by atoms with van der Waals surface area (Å²) in [5.41, 5.74) is 5.00. The van der Waals surface area contributed by atoms with Gasteiger partial charge in [0.1, 0.15) is 6.33 Å². The van der Waals surface area contributed by atoms with Crippen LogP contribution >= 0.6 is 11.8 Å². The number of benzene rings is 2. The molecule has 3 nitrogen and oxygen atoms in total. The highest BCUT2D eigenvalue weighted by Gasteiger charge is 2.09. The summed E-state index contributed by atoms with van der Waals surface area (Å²) in [6.07, 6.45) is 1.78. The van der Waals surface area contributed by atoms with E-state index in [0.29, 0.717) is 0 Å². The van der Waals surface area contributed by atoms with E-state index in [2.05, 4.69) is 65.0 Å². The number of hydrogen-bond acceptors (Lipinski definition) is 3. The van der Waals surface area contributed by atoms with Crippen LogP contribution in [0.25, 0.3) is 5.69 Å². The quantitative estimate of drug-likeness (QED) is 0.677. The lowest BCUT2D eigenvalue weighted by atomic mass is 10.1. The minimum Gasteiger partial charge on any atom is -0.276 e. The summed E-state index contributed by atoms with van der Waals surface area (Å²) >= 11 is 1.71. The Balaban J connectivity index is 1.84. The Kier molecular flexibility index (Phi) is 4.06. The summed E-state index contributed by atoms with van der Waals surface area (Å²) in [7, 11) is 0. The van der Waals surface area contributed by atoms with Crippen LogP contribution in [-0.4, -0.2) is 14.8 Å². The predicted molar refractivity (Wildman–Crippen MR) is 86.8 cm³/mol. The molecule has 106 valence electrons. The Morgan fingerprint density at radius 2 is 1.67 bits per heavy atom. The predicted octanol–water partition coefficient (Wildman–Crippen LogP) is 4.18. The lowest BCUT2D eigenvalue weighted by Gasteiger charge is -2.09. The average Bonchev–Trinajstić information content (AvgIpc) is 2.95. The Labute approximate surface area is 129 Å². The lowest BCUT2D eigenvalue weighted by Crippen LogP contribution is -1.98. The molecule has 0 aliphatic carbocycles. The van der Waals surface area contributed by atoms with Gasteiger partial charge < -0.3 is 0 Å². The fourth-order valence-corrected chi connectivity index (χ4v) is 3.23. The van der Waals surface area contributed by atoms with Crippen LogP contribution in [0.3, 0.4) is 0 Å². The van der Waals surface area contributed by atoms with Crippen LogP contribution in [0.1, 0.15) is 16.7 Å². The molecule has 0 saturated carbocycles. The van der Waals surface area contributed by atoms with Crippen molar-refractivity contribution in [1.82, 2.24) is 14.8 Å². The van der Waals surface area contributed by atoms with Gasteiger partial charge in [-0.05, 0) is 36.6 Å². The number of hydrogen-bond donors (Lipinski definition) is 0. The van der Waals surface area contributed by atoms with Gasteiger partial charge in [0.15, 0.2) is 5.16 Å². The molecule has 0 unspecified atom stereocenters. The van der Waals surface area contributed by atoms with Crippen LogP contribution in [0.15, 0.2) is 60.0 Å². The van der Waals surface area contributed by atoms with Gasteiger partial charge >= 0.3 is 0 Å². The Morgan fingerprint density at radius 3 is 2.43 bits per heavy atom. The lowest BCUT2D eigenvalue weighted by molar-refractivity contribution is 0.878. The summed E-state index contributed by atoms with van der Waals surface area (Å²) in [6, 6.07) is 16.7. The molecule has 0 saturated heterocycles. The van der Waals surface area contributed by atoms with Crippen molar-refractivity contribution in [3.8, 4) is 5.69 Å². The second-order valence-electron chi connectivity index (χ2n) is 4.99. The monoisotopic (exact) mass is 295 g/mol. The molecule has 3 aromatic rings. The smallest absolute Gasteiger partial charge is 0.195 e. The van der Waals surface area contributed by atoms with Crippen molar-refractivity contribution in [2.24, 2.45) is 0 Å². The number of rotatable bonds is 4. The molecule has 0 fully saturated rings. The summed E-state index contributed by atoms with van der Waals surface area (Å²) in [4.78, 5) is 0. The van der Waals surface area contributed by atoms with Crippen LogP contribution in [0.2, 0.25) is 0 Å². The van der Waals surface area contributed by atoms with Crippen molar-refractivity contribution in [2.75, 3.05) is 0 Å². The minimum atomic E-state index is 0.900. The van der Waals surface area contributed by atoms with E-state index in [1.807, 2.05) is 12.1 Å². The zero-order valence-corrected chi connectivity index (χ0v) is 13.0. The fraction of sp³-hybridized carbons (Fsp3) is 0.176. The van der Waals surface area contributed by atoms with Gasteiger partial charge in [-0.2, -0.15) is 0 Å². The highest BCUT2D eigenvalue weighted by Crippen LogP contribution is 2.25. The molecule has 3 rings (SSSR count). The molecule has 4 heteroatoms. The van der Waals surface area contributed by atoms with E-state index in [9.17, 15) is 0 Å². The molecule has 0 aliphatic rings. The maximum absolute atomic E-state index is 4.25. The van der Waals surface area contributed by atoms with Gasteiger partial charge in [0.2, 0.25) is 0 Å². The van der Waals surface area contributed by atoms with E-state index in [1.54, 1.807) is 18.1 Å². The van der Waals surface area contributed by atoms with Crippen LogP contribution in [0.4, 0.5) is 0 Å². The molecule has 0 bridgehead atoms. The van der Waals surface area contributed by atoms with Gasteiger partial charge in [-0.3, -0.25) is 4.57 Å². The molecule has 0 N–H and O–H groups in total. The van der Waals surface area contributed by atoms with E-state index < -0.39 is 0 Å². The molecule has 21 heavy (non-hydrogen) atoms. The fourth-order valence-electron chi connectivity index (χ4n) is 2.24. The molecule has 0 radical (unpaired) electrons. The molecule has 1 aromatic heterocycles. The molecule has 0 amide bonds. The van der Waals surface area contributed by atoms with Crippen LogP contribution in [0, 0.1) is 13.8 Å². The Morgan fingerprint density at radius 1 is 0.952 bits per heavy atom. The van der Waals surface area contributed by atoms with Gasteiger partial charge in [0.05, 0.1) is 5.69 Å². The highest BCUT2D eigenvalue weighted by molar-refractivity contribution is 7.98. The number of aryl methyl sites for hydroxylation is 2. The normalized spacial score (nSPS) is 10.8. The summed E-state index contributed by atoms with van der Waals surface area (Å²) in [5, 5.41) is 9.24. The summed E-state index contributed by atoms with van der Waals surface area (Å²) in [6.45, 7) is 4.24. The third-order valence-electron chi connectivity index (χ3n) is 3.51. The van der Waals surface area contributed by atoms with Crippen LogP contribution in [0.5, 0.6) is 0 Å². The van der Waals surface area contributed by atoms with E-state index in [1.165, 1.54) is 16.7 Å². The number of para-hydroxylation sites is 1. The standard InChI is InChI=1S/C17H17N3S/c1-13-7-3-5-9-15(13)11-21-17-19-18-12-20(17)16-10-6-4-8-14(16)2/h3-10,12H,11H2,1-2H3. The highest BCUT2D eigenvalue weighted by atomic mass is 32.2. The van der Waals surface area contributed by atoms with Gasteiger partial charge in [-0.1, -0.05) is 54.2 Å². The van der Waals surface area contributed by atoms with Crippen molar-refractivity contribution in [3.05, 3.63) is 71.5 Å². The third kappa shape index (κ3) is 3.00. The summed E-state index contributed by atoms with van der Waals surface area (Å²) in [5.74, 6) is 0.900. The van der Waals surface area contributed by atoms with Crippen molar-refractivity contribution < 1.29 is 0 Å². The summed E-state index contributed by atoms with van der Waals surface area (Å²) < 4.78 is 2.05. The molecule has 0 atom stereocenters. The van der Waals surface area contributed by atoms with Gasteiger partial charge in [0.25, 0.3) is 0 Å². The zero-order valence-electron chi connectivity index (χ0n) is 12.2. The second kappa shape index (κ2) is 6.14. The first-order chi connectivity index (χ1) is 10.3. The van der Waals surface area contributed by atoms with Crippen molar-refractivity contribution in [1.29, 1.82) is 0 Å². The second-order valence-corrected chi connectivity index (χ2v) is 5.93. The van der Waals surface area contributed by atoms with Crippen LogP contribution < -0.4 is 0 Å². The topological polar surface area (TPSA) is 30.7 Å². The van der Waals surface area contributed by atoms with E-state index >= 15 is 0 Å². The van der Waals surface area contributed by atoms with Crippen molar-refractivity contribution in [2.45, 2.75) is 24.8 Å². The van der Waals surface area contributed by atoms with Crippen molar-refractivity contribution >= 4 is 11.8 Å². The average molecular weight is 295 g/mol. The third-order valence-corrected chi connectivity index (χ3v) is 4.50. The van der Waals surface area contributed by atoms with Gasteiger partial charge in [0, 0.05) is 5.75 Å². The first kappa shape index (κ1) is 13.9. The molecular weight excluding hydrogens is 278 g/mol. The zero-order chi connectivity index (χ0) is 14.7. The molecule has 2 aromatic carbocycles. The first-order valence-electron chi connectivity index (χ1n) is 6.89. The number of nitrogens with zero attached hydrogens (tertiary/aromatic N) is 3. The maximum Gasteiger partial charge on any atom is 0.195 e. The maximum atomic E-state index is 4.25. The van der Waals surface area contributed by atoms with E-state index in [4.69, 9.17) is 0 Å². The van der Waals surface area contributed by atoms with Crippen molar-refractivity contribution in [3.63, 3.8) is 0 Å². The Bertz CT molecular complexity index is 749. The largest absolute Gasteiger partial charge is 0.276 e. The van der Waals surface area contributed by atoms with Gasteiger partial charge in [-0.15, -0.1) is 10.2 Å². The first-order valence-corrected chi connectivity index (χ1v) is 7.87. The molecule has 1 heterocycles. The molecular formula is C17H17N3S. The van der Waals surface area contributed by atoms with Gasteiger partial charge in [-0.25, -0.2) is 0 Å². The number of thioether (sulfide) groups is 1. The van der Waals surface area contributed by atoms with Crippen LogP contribution in [-0.2, 0) is 5.75 Å². The minimum absolute atomic E-state index is 0.900. The molecule has 0 aliphatic heterocycles. The van der Waals surface area contributed by atoms with E-state index in [-0.39, 0.29) is 0 Å². The SMILES string of the molecule is Cc1ccccc1CSc1nncn1-c1ccccc1C. The molecule has 0 spiro atoms. The van der Waals surface area contributed by atoms with E-state index in [0.717, 1.165) is 16.6 Å². The Hall–Kier alpha value is -2.07.